The molecule has 1 unspecified atom stereocenters. The predicted molar refractivity (Wildman–Crippen MR) is 362 cm³/mol. The van der Waals surface area contributed by atoms with Crippen LogP contribution in [0.15, 0.2) is 85.1 Å². The Morgan fingerprint density at radius 2 is 0.470 bits per heavy atom. The highest BCUT2D eigenvalue weighted by molar-refractivity contribution is 5.71. The fourth-order valence-corrected chi connectivity index (χ4v) is 10.5. The molecule has 83 heavy (non-hydrogen) atoms. The van der Waals surface area contributed by atoms with Gasteiger partial charge in [-0.2, -0.15) is 0 Å². The molecule has 0 aliphatic rings. The Hall–Kier alpha value is -3.41. The number of carbonyl (C=O) groups is 3. The molecule has 0 saturated heterocycles. The number of hydrogen-bond donors (Lipinski definition) is 0. The topological polar surface area (TPSA) is 78.9 Å². The van der Waals surface area contributed by atoms with E-state index in [1.807, 2.05) is 0 Å². The van der Waals surface area contributed by atoms with Gasteiger partial charge in [0.15, 0.2) is 6.10 Å². The minimum absolute atomic E-state index is 0.0750. The Balaban J connectivity index is 4.20. The van der Waals surface area contributed by atoms with Gasteiger partial charge < -0.3 is 14.2 Å². The molecule has 0 aliphatic carbocycles. The Kier molecular flexibility index (Phi) is 68.2. The molecule has 0 saturated carbocycles. The minimum Gasteiger partial charge on any atom is -0.462 e. The van der Waals surface area contributed by atoms with Crippen molar-refractivity contribution in [1.29, 1.82) is 0 Å². The molecule has 0 aromatic rings. The lowest BCUT2D eigenvalue weighted by Crippen LogP contribution is -2.30. The molecule has 0 radical (unpaired) electrons. The van der Waals surface area contributed by atoms with Crippen molar-refractivity contribution in [3.63, 3.8) is 0 Å². The normalized spacial score (nSPS) is 12.6. The number of hydrogen-bond acceptors (Lipinski definition) is 6. The highest BCUT2D eigenvalue weighted by Gasteiger charge is 2.19. The van der Waals surface area contributed by atoms with Crippen molar-refractivity contribution in [2.45, 2.75) is 374 Å². The van der Waals surface area contributed by atoms with Crippen molar-refractivity contribution in [1.82, 2.24) is 0 Å². The van der Waals surface area contributed by atoms with Crippen LogP contribution in [0.1, 0.15) is 367 Å². The van der Waals surface area contributed by atoms with Gasteiger partial charge in [0.25, 0.3) is 0 Å². The lowest BCUT2D eigenvalue weighted by molar-refractivity contribution is -0.167. The highest BCUT2D eigenvalue weighted by atomic mass is 16.6. The SMILES string of the molecule is CC/C=C\C/C=C\C/C=C\C/C=C\C/C=C\C/C=C\C/C=C\CCCCCCCCCC(=O)OCC(COC(=O)CCCCCCCCCCCC)OC(=O)CCCCCCCCCCCCCCCCCCCCCCCCCCCC. The van der Waals surface area contributed by atoms with Crippen LogP contribution < -0.4 is 0 Å². The second kappa shape index (κ2) is 71.1. The van der Waals surface area contributed by atoms with E-state index in [2.05, 4.69) is 106 Å². The van der Waals surface area contributed by atoms with Crippen molar-refractivity contribution in [3.8, 4) is 0 Å². The lowest BCUT2D eigenvalue weighted by Gasteiger charge is -2.18. The van der Waals surface area contributed by atoms with E-state index in [0.29, 0.717) is 19.3 Å². The molecule has 0 heterocycles. The van der Waals surface area contributed by atoms with E-state index in [4.69, 9.17) is 14.2 Å². The maximum atomic E-state index is 12.9. The molecule has 480 valence electrons. The third kappa shape index (κ3) is 69.3. The average Bonchev–Trinajstić information content (AvgIpc) is 3.49. The monoisotopic (exact) mass is 1160 g/mol. The Morgan fingerprint density at radius 3 is 0.735 bits per heavy atom. The van der Waals surface area contributed by atoms with E-state index < -0.39 is 6.10 Å². The van der Waals surface area contributed by atoms with Gasteiger partial charge >= 0.3 is 17.9 Å². The molecule has 0 amide bonds. The maximum Gasteiger partial charge on any atom is 0.306 e. The van der Waals surface area contributed by atoms with Crippen LogP contribution in [-0.2, 0) is 28.6 Å². The zero-order valence-corrected chi connectivity index (χ0v) is 55.2. The molecule has 0 aromatic heterocycles. The number of rotatable bonds is 66. The van der Waals surface area contributed by atoms with Crippen LogP contribution in [0.3, 0.4) is 0 Å². The number of ether oxygens (including phenoxy) is 3. The maximum absolute atomic E-state index is 12.9. The van der Waals surface area contributed by atoms with E-state index in [1.165, 1.54) is 218 Å². The van der Waals surface area contributed by atoms with Crippen LogP contribution in [0, 0.1) is 0 Å². The van der Waals surface area contributed by atoms with Gasteiger partial charge in [0.05, 0.1) is 0 Å². The summed E-state index contributed by atoms with van der Waals surface area (Å²) in [5.41, 5.74) is 0. The van der Waals surface area contributed by atoms with Crippen LogP contribution in [0.2, 0.25) is 0 Å². The predicted octanol–water partition coefficient (Wildman–Crippen LogP) is 25.0. The zero-order valence-electron chi connectivity index (χ0n) is 55.2. The molecule has 6 nitrogen and oxygen atoms in total. The van der Waals surface area contributed by atoms with Gasteiger partial charge in [0, 0.05) is 19.3 Å². The number of esters is 3. The number of carbonyl (C=O) groups excluding carboxylic acids is 3. The molecule has 6 heteroatoms. The summed E-state index contributed by atoms with van der Waals surface area (Å²) in [6.07, 6.45) is 94.8. The van der Waals surface area contributed by atoms with Crippen LogP contribution in [-0.4, -0.2) is 37.2 Å². The summed E-state index contributed by atoms with van der Waals surface area (Å²) in [5.74, 6) is -0.868. The molecule has 0 rings (SSSR count). The third-order valence-corrected chi connectivity index (χ3v) is 15.9. The van der Waals surface area contributed by atoms with Crippen LogP contribution in [0.5, 0.6) is 0 Å². The Morgan fingerprint density at radius 1 is 0.253 bits per heavy atom. The lowest BCUT2D eigenvalue weighted by atomic mass is 10.0. The first-order valence-corrected chi connectivity index (χ1v) is 36.1. The largest absolute Gasteiger partial charge is 0.462 e. The summed E-state index contributed by atoms with van der Waals surface area (Å²) in [6, 6.07) is 0. The van der Waals surface area contributed by atoms with E-state index in [0.717, 1.165) is 109 Å². The molecule has 0 spiro atoms. The average molecular weight is 1160 g/mol. The molecule has 0 N–H and O–H groups in total. The quantitative estimate of drug-likeness (QED) is 0.0261. The van der Waals surface area contributed by atoms with Gasteiger partial charge in [0.1, 0.15) is 13.2 Å². The van der Waals surface area contributed by atoms with Gasteiger partial charge in [-0.15, -0.1) is 0 Å². The number of allylic oxidation sites excluding steroid dienone is 14. The van der Waals surface area contributed by atoms with Gasteiger partial charge in [-0.1, -0.05) is 356 Å². The van der Waals surface area contributed by atoms with Crippen molar-refractivity contribution in [2.24, 2.45) is 0 Å². The second-order valence-corrected chi connectivity index (χ2v) is 24.1. The summed E-state index contributed by atoms with van der Waals surface area (Å²) in [6.45, 7) is 6.56. The van der Waals surface area contributed by atoms with Crippen LogP contribution >= 0.6 is 0 Å². The van der Waals surface area contributed by atoms with Gasteiger partial charge in [0.2, 0.25) is 0 Å². The Bertz CT molecular complexity index is 1570. The third-order valence-electron chi connectivity index (χ3n) is 15.9. The summed E-state index contributed by atoms with van der Waals surface area (Å²) < 4.78 is 17.0. The standard InChI is InChI=1S/C77H136O6/c1-4-7-10-13-16-19-22-24-26-28-30-32-34-36-38-39-40-42-43-45-47-49-51-53-55-58-61-64-67-70-76(79)82-73-74(72-81-75(78)69-66-63-60-57-21-18-15-12-9-6-3)83-77(80)71-68-65-62-59-56-54-52-50-48-46-44-41-37-35-33-31-29-27-25-23-20-17-14-11-8-5-2/h7,10,16,19,24,26,30,32,36,38,40,42,45,47,74H,4-6,8-9,11-15,17-18,20-23,25,27-29,31,33-35,37,39,41,43-44,46,48-73H2,1-3H3/b10-7-,19-16-,26-24-,32-30-,38-36-,42-40-,47-45-. The van der Waals surface area contributed by atoms with E-state index >= 15 is 0 Å². The van der Waals surface area contributed by atoms with E-state index in [1.54, 1.807) is 0 Å². The highest BCUT2D eigenvalue weighted by Crippen LogP contribution is 2.18. The fourth-order valence-electron chi connectivity index (χ4n) is 10.5. The summed E-state index contributed by atoms with van der Waals surface area (Å²) in [7, 11) is 0. The first kappa shape index (κ1) is 79.6. The summed E-state index contributed by atoms with van der Waals surface area (Å²) in [4.78, 5) is 38.4. The Labute approximate surface area is 515 Å². The molecule has 0 bridgehead atoms. The summed E-state index contributed by atoms with van der Waals surface area (Å²) >= 11 is 0. The molecule has 0 aromatic carbocycles. The summed E-state index contributed by atoms with van der Waals surface area (Å²) in [5, 5.41) is 0. The van der Waals surface area contributed by atoms with Gasteiger partial charge in [-0.3, -0.25) is 14.4 Å². The molecule has 0 fully saturated rings. The molecular formula is C77H136O6. The van der Waals surface area contributed by atoms with Crippen molar-refractivity contribution >= 4 is 17.9 Å². The zero-order chi connectivity index (χ0) is 59.9. The van der Waals surface area contributed by atoms with Crippen molar-refractivity contribution < 1.29 is 28.6 Å². The fraction of sp³-hybridized carbons (Fsp3) is 0.779. The number of unbranched alkanes of at least 4 members (excludes halogenated alkanes) is 41. The first-order chi connectivity index (χ1) is 41.0. The van der Waals surface area contributed by atoms with Gasteiger partial charge in [-0.05, 0) is 77.0 Å². The van der Waals surface area contributed by atoms with E-state index in [9.17, 15) is 14.4 Å². The molecule has 1 atom stereocenters. The first-order valence-electron chi connectivity index (χ1n) is 36.1. The van der Waals surface area contributed by atoms with Crippen molar-refractivity contribution in [3.05, 3.63) is 85.1 Å². The van der Waals surface area contributed by atoms with Gasteiger partial charge in [-0.25, -0.2) is 0 Å². The van der Waals surface area contributed by atoms with Crippen molar-refractivity contribution in [2.75, 3.05) is 13.2 Å². The second-order valence-electron chi connectivity index (χ2n) is 24.1. The molecule has 0 aliphatic heterocycles. The minimum atomic E-state index is -0.779. The van der Waals surface area contributed by atoms with Crippen LogP contribution in [0.4, 0.5) is 0 Å². The van der Waals surface area contributed by atoms with E-state index in [-0.39, 0.29) is 31.1 Å². The molecular weight excluding hydrogens is 1020 g/mol. The smallest absolute Gasteiger partial charge is 0.306 e. The van der Waals surface area contributed by atoms with Crippen LogP contribution in [0.25, 0.3) is 0 Å².